The van der Waals surface area contributed by atoms with Gasteiger partial charge >= 0.3 is 5.97 Å². The van der Waals surface area contributed by atoms with E-state index in [2.05, 4.69) is 26.5 Å². The van der Waals surface area contributed by atoms with Crippen molar-refractivity contribution >= 4 is 56.4 Å². The van der Waals surface area contributed by atoms with Crippen molar-refractivity contribution in [2.45, 2.75) is 13.0 Å². The SMILES string of the molecule is CC(Oc1ccc(Br)cc1)C(=O)N/N=C/c1c(OC(=O)c2ccc(Cl)cc2)ccc2ccccc12. The number of esters is 1. The van der Waals surface area contributed by atoms with Crippen LogP contribution in [0.5, 0.6) is 11.5 Å². The van der Waals surface area contributed by atoms with Gasteiger partial charge in [0.15, 0.2) is 6.10 Å². The number of benzene rings is 4. The highest BCUT2D eigenvalue weighted by molar-refractivity contribution is 9.10. The van der Waals surface area contributed by atoms with Crippen molar-refractivity contribution in [1.82, 2.24) is 5.43 Å². The third kappa shape index (κ3) is 6.26. The van der Waals surface area contributed by atoms with Crippen molar-refractivity contribution in [3.05, 3.63) is 106 Å². The van der Waals surface area contributed by atoms with Crippen LogP contribution >= 0.6 is 27.5 Å². The smallest absolute Gasteiger partial charge is 0.343 e. The number of halogens is 2. The van der Waals surface area contributed by atoms with E-state index < -0.39 is 18.0 Å². The van der Waals surface area contributed by atoms with Gasteiger partial charge in [0.05, 0.1) is 11.8 Å². The Morgan fingerprint density at radius 3 is 2.43 bits per heavy atom. The fourth-order valence-corrected chi connectivity index (χ4v) is 3.66. The zero-order valence-corrected chi connectivity index (χ0v) is 20.9. The molecule has 0 radical (unpaired) electrons. The number of carbonyl (C=O) groups excluding carboxylic acids is 2. The number of rotatable bonds is 7. The van der Waals surface area contributed by atoms with Crippen molar-refractivity contribution in [2.24, 2.45) is 5.10 Å². The average Bonchev–Trinajstić information content (AvgIpc) is 2.86. The summed E-state index contributed by atoms with van der Waals surface area (Å²) in [5.74, 6) is -0.0950. The van der Waals surface area contributed by atoms with Crippen LogP contribution in [0.3, 0.4) is 0 Å². The monoisotopic (exact) mass is 550 g/mol. The van der Waals surface area contributed by atoms with Crippen LogP contribution in [-0.2, 0) is 4.79 Å². The Hall–Kier alpha value is -3.68. The molecule has 4 aromatic rings. The van der Waals surface area contributed by atoms with Gasteiger partial charge in [0, 0.05) is 15.1 Å². The lowest BCUT2D eigenvalue weighted by Crippen LogP contribution is -2.33. The molecule has 0 aromatic heterocycles. The number of amides is 1. The van der Waals surface area contributed by atoms with E-state index in [1.807, 2.05) is 42.5 Å². The maximum Gasteiger partial charge on any atom is 0.343 e. The number of fused-ring (bicyclic) bond motifs is 1. The van der Waals surface area contributed by atoms with Crippen LogP contribution in [0, 0.1) is 0 Å². The summed E-state index contributed by atoms with van der Waals surface area (Å²) in [7, 11) is 0. The topological polar surface area (TPSA) is 77.0 Å². The van der Waals surface area contributed by atoms with E-state index in [0.717, 1.165) is 15.2 Å². The van der Waals surface area contributed by atoms with Gasteiger partial charge in [0.2, 0.25) is 0 Å². The Bertz CT molecular complexity index is 1390. The largest absolute Gasteiger partial charge is 0.481 e. The number of ether oxygens (including phenoxy) is 2. The molecule has 0 saturated carbocycles. The zero-order valence-electron chi connectivity index (χ0n) is 18.6. The summed E-state index contributed by atoms with van der Waals surface area (Å²) in [6, 6.07) is 24.7. The molecule has 1 atom stereocenters. The van der Waals surface area contributed by atoms with Gasteiger partial charge in [-0.25, -0.2) is 10.2 Å². The highest BCUT2D eigenvalue weighted by atomic mass is 79.9. The van der Waals surface area contributed by atoms with E-state index in [1.165, 1.54) is 6.21 Å². The third-order valence-electron chi connectivity index (χ3n) is 5.08. The van der Waals surface area contributed by atoms with E-state index in [0.29, 0.717) is 27.6 Å². The molecule has 176 valence electrons. The van der Waals surface area contributed by atoms with Crippen LogP contribution in [0.25, 0.3) is 10.8 Å². The Balaban J connectivity index is 1.52. The van der Waals surface area contributed by atoms with Gasteiger partial charge < -0.3 is 9.47 Å². The van der Waals surface area contributed by atoms with Crippen LogP contribution in [0.2, 0.25) is 5.02 Å². The van der Waals surface area contributed by atoms with Crippen molar-refractivity contribution in [1.29, 1.82) is 0 Å². The molecule has 0 aliphatic rings. The number of carbonyl (C=O) groups is 2. The van der Waals surface area contributed by atoms with Gasteiger partial charge in [-0.15, -0.1) is 0 Å². The Morgan fingerprint density at radius 1 is 0.971 bits per heavy atom. The predicted molar refractivity (Wildman–Crippen MR) is 140 cm³/mol. The molecule has 8 heteroatoms. The first-order chi connectivity index (χ1) is 16.9. The lowest BCUT2D eigenvalue weighted by Gasteiger charge is -2.13. The third-order valence-corrected chi connectivity index (χ3v) is 5.86. The van der Waals surface area contributed by atoms with Crippen molar-refractivity contribution in [3.8, 4) is 11.5 Å². The number of hydrogen-bond acceptors (Lipinski definition) is 5. The molecule has 0 fully saturated rings. The first-order valence-corrected chi connectivity index (χ1v) is 11.8. The molecule has 1 N–H and O–H groups in total. The molecule has 4 aromatic carbocycles. The molecular formula is C27H20BrClN2O4. The normalized spacial score (nSPS) is 11.9. The molecule has 1 amide bonds. The zero-order chi connectivity index (χ0) is 24.8. The molecular weight excluding hydrogens is 532 g/mol. The van der Waals surface area contributed by atoms with Crippen LogP contribution in [0.15, 0.2) is 94.5 Å². The lowest BCUT2D eigenvalue weighted by atomic mass is 10.0. The van der Waals surface area contributed by atoms with Gasteiger partial charge in [0.1, 0.15) is 11.5 Å². The second-order valence-electron chi connectivity index (χ2n) is 7.54. The van der Waals surface area contributed by atoms with E-state index in [-0.39, 0.29) is 0 Å². The van der Waals surface area contributed by atoms with Gasteiger partial charge in [-0.3, -0.25) is 4.79 Å². The minimum Gasteiger partial charge on any atom is -0.481 e. The van der Waals surface area contributed by atoms with Crippen molar-refractivity contribution in [2.75, 3.05) is 0 Å². The fraction of sp³-hybridized carbons (Fsp3) is 0.0741. The Kier molecular flexibility index (Phi) is 7.80. The molecule has 0 saturated heterocycles. The number of nitrogens with one attached hydrogen (secondary N) is 1. The fourth-order valence-electron chi connectivity index (χ4n) is 3.26. The summed E-state index contributed by atoms with van der Waals surface area (Å²) in [6.45, 7) is 1.63. The van der Waals surface area contributed by atoms with Crippen molar-refractivity contribution in [3.63, 3.8) is 0 Å². The lowest BCUT2D eigenvalue weighted by molar-refractivity contribution is -0.127. The van der Waals surface area contributed by atoms with E-state index in [1.54, 1.807) is 49.4 Å². The number of hydrogen-bond donors (Lipinski definition) is 1. The summed E-state index contributed by atoms with van der Waals surface area (Å²) >= 11 is 9.27. The van der Waals surface area contributed by atoms with E-state index in [4.69, 9.17) is 21.1 Å². The second kappa shape index (κ2) is 11.2. The van der Waals surface area contributed by atoms with Gasteiger partial charge in [-0.05, 0) is 72.3 Å². The quantitative estimate of drug-likeness (QED) is 0.125. The molecule has 0 aliphatic carbocycles. The van der Waals surface area contributed by atoms with Crippen LogP contribution in [-0.4, -0.2) is 24.2 Å². The van der Waals surface area contributed by atoms with Crippen LogP contribution in [0.4, 0.5) is 0 Å². The second-order valence-corrected chi connectivity index (χ2v) is 8.90. The first-order valence-electron chi connectivity index (χ1n) is 10.7. The highest BCUT2D eigenvalue weighted by Gasteiger charge is 2.16. The molecule has 0 heterocycles. The summed E-state index contributed by atoms with van der Waals surface area (Å²) < 4.78 is 12.2. The van der Waals surface area contributed by atoms with Crippen molar-refractivity contribution < 1.29 is 19.1 Å². The van der Waals surface area contributed by atoms with Gasteiger partial charge in [-0.1, -0.05) is 57.9 Å². The first kappa shape index (κ1) is 24.4. The minimum absolute atomic E-state index is 0.306. The van der Waals surface area contributed by atoms with Gasteiger partial charge in [-0.2, -0.15) is 5.10 Å². The molecule has 6 nitrogen and oxygen atoms in total. The Morgan fingerprint density at radius 2 is 1.69 bits per heavy atom. The summed E-state index contributed by atoms with van der Waals surface area (Å²) in [4.78, 5) is 25.2. The molecule has 0 spiro atoms. The number of nitrogens with zero attached hydrogens (tertiary/aromatic N) is 1. The van der Waals surface area contributed by atoms with Crippen LogP contribution < -0.4 is 14.9 Å². The molecule has 4 rings (SSSR count). The minimum atomic E-state index is -0.775. The van der Waals surface area contributed by atoms with E-state index >= 15 is 0 Å². The van der Waals surface area contributed by atoms with Gasteiger partial charge in [0.25, 0.3) is 5.91 Å². The molecule has 35 heavy (non-hydrogen) atoms. The van der Waals surface area contributed by atoms with Crippen LogP contribution in [0.1, 0.15) is 22.8 Å². The summed E-state index contributed by atoms with van der Waals surface area (Å²) in [5.41, 5.74) is 3.39. The number of hydrazone groups is 1. The van der Waals surface area contributed by atoms with E-state index in [9.17, 15) is 9.59 Å². The summed E-state index contributed by atoms with van der Waals surface area (Å²) in [6.07, 6.45) is 0.680. The molecule has 1 unspecified atom stereocenters. The Labute approximate surface area is 215 Å². The standard InChI is InChI=1S/C27H20BrClN2O4/c1-17(34-22-13-9-20(28)10-14-22)26(32)31-30-16-24-23-5-3-2-4-18(23)8-15-25(24)35-27(33)19-6-11-21(29)12-7-19/h2-17H,1H3,(H,31,32)/b30-16+. The molecule has 0 aliphatic heterocycles. The molecule has 0 bridgehead atoms. The summed E-state index contributed by atoms with van der Waals surface area (Å²) in [5, 5.41) is 6.36. The average molecular weight is 552 g/mol. The highest BCUT2D eigenvalue weighted by Crippen LogP contribution is 2.27. The maximum atomic E-state index is 12.7. The predicted octanol–water partition coefficient (Wildman–Crippen LogP) is 6.39. The maximum absolute atomic E-state index is 12.7.